The number of aromatic nitrogens is 1. The van der Waals surface area contributed by atoms with Crippen molar-refractivity contribution < 1.29 is 66.1 Å². The van der Waals surface area contributed by atoms with Crippen LogP contribution in [-0.2, 0) is 43.9 Å². The zero-order valence-electron chi connectivity index (χ0n) is 44.5. The molecule has 4 amide bonds. The lowest BCUT2D eigenvalue weighted by Gasteiger charge is -2.52. The number of likely N-dealkylation sites (N-methyl/N-ethyl adjacent to an activating group) is 1. The third kappa shape index (κ3) is 11.0. The lowest BCUT2D eigenvalue weighted by molar-refractivity contribution is -0.944. The third-order valence-electron chi connectivity index (χ3n) is 14.1. The molecule has 6 atom stereocenters. The number of ether oxygens (including phenoxy) is 4. The zero-order chi connectivity index (χ0) is 55.4. The van der Waals surface area contributed by atoms with Gasteiger partial charge >= 0.3 is 31.9 Å². The molecule has 23 heteroatoms. The number of halogens is 1. The number of piperidine rings is 1. The summed E-state index contributed by atoms with van der Waals surface area (Å²) in [6.45, 7) is 13.4. The Morgan fingerprint density at radius 2 is 1.51 bits per heavy atom. The SMILES string of the molecule is BOC(=O)C1=C(C[N+]2(C)[C@@H]3CC[C@H]2C[C@@H](NC(=O)c2ccc4c(c2F)OC(c2ccccc2)(c2ccccc2)O4)C3)CS[C@@H]2[C@H](NC(=O)/C(=N\OC(C)(C)C(=O)OC(C)(C)C)c3csc(NC(=O)OC(C)(C)C)n3)C(=O)N12. The molecule has 3 fully saturated rings. The number of carbonyl (C=O) groups is 6. The molecule has 1 unspecified atom stereocenters. The van der Waals surface area contributed by atoms with E-state index in [9.17, 15) is 28.8 Å². The number of hydrogen-bond acceptors (Lipinski definition) is 16. The van der Waals surface area contributed by atoms with Crippen LogP contribution in [0.2, 0.25) is 0 Å². The van der Waals surface area contributed by atoms with Crippen LogP contribution in [0.1, 0.15) is 108 Å². The van der Waals surface area contributed by atoms with Crippen LogP contribution < -0.4 is 25.4 Å². The first-order chi connectivity index (χ1) is 36.3. The number of oxime groups is 1. The molecule has 1 aromatic heterocycles. The van der Waals surface area contributed by atoms with Crippen molar-refractivity contribution in [1.82, 2.24) is 20.5 Å². The molecule has 9 rings (SSSR count). The molecule has 0 radical (unpaired) electrons. The van der Waals surface area contributed by atoms with Crippen LogP contribution in [0.25, 0.3) is 0 Å². The number of thiazole rings is 1. The van der Waals surface area contributed by atoms with Crippen LogP contribution in [0.5, 0.6) is 11.5 Å². The minimum Gasteiger partial charge on any atom is -0.539 e. The number of hydrogen-bond donors (Lipinski definition) is 3. The predicted octanol–water partition coefficient (Wildman–Crippen LogP) is 6.46. The van der Waals surface area contributed by atoms with Gasteiger partial charge in [0, 0.05) is 59.6 Å². The standard InChI is InChI=1S/C54H61BFN7O12S2/c1-51(2,3)72-48(68)53(7,8)75-61-39(36-28-77-49(58-36)60-50(69)73-52(4,5)6)44(65)59-40-45(66)62-41(47(67)74-55)29(27-76-46(40)62)26-63(9)33-20-21-34(63)25-32(24-33)57-43(64)35-22-23-37-42(38(35)56)71-54(70-37,30-16-12-10-13-17-30)31-18-14-11-15-19-31/h10-19,22-23,28,32-34,40,46H,20-21,24-27,55H2,1-9H3,(H2-,57,58,59,60,64,65,69)/p+1/b61-39-/t32-,33+,34-,40-,46-,63?/m1/s1. The molecule has 19 nitrogen and oxygen atoms in total. The number of thioether (sulfide) groups is 1. The highest BCUT2D eigenvalue weighted by atomic mass is 32.2. The molecule has 0 spiro atoms. The highest BCUT2D eigenvalue weighted by Crippen LogP contribution is 2.50. The molecular formula is C54H62BFN7O12S2+. The summed E-state index contributed by atoms with van der Waals surface area (Å²) in [5, 5.41) is 13.3. The first kappa shape index (κ1) is 54.8. The largest absolute Gasteiger partial charge is 0.539 e. The second kappa shape index (κ2) is 20.8. The van der Waals surface area contributed by atoms with Gasteiger partial charge in [0.25, 0.3) is 17.7 Å². The number of fused-ring (bicyclic) bond motifs is 4. The van der Waals surface area contributed by atoms with Crippen molar-refractivity contribution in [1.29, 1.82) is 0 Å². The summed E-state index contributed by atoms with van der Waals surface area (Å²) in [5.41, 5.74) is -1.83. The summed E-state index contributed by atoms with van der Waals surface area (Å²) in [4.78, 5) is 93.3. The third-order valence-corrected chi connectivity index (χ3v) is 16.2. The molecule has 0 aliphatic carbocycles. The number of nitrogens with zero attached hydrogens (tertiary/aromatic N) is 4. The Morgan fingerprint density at radius 3 is 2.10 bits per heavy atom. The van der Waals surface area contributed by atoms with E-state index in [0.29, 0.717) is 46.3 Å². The molecular weight excluding hydrogens is 1030 g/mol. The summed E-state index contributed by atoms with van der Waals surface area (Å²) in [7, 11) is 3.37. The minimum atomic E-state index is -1.68. The molecule has 77 heavy (non-hydrogen) atoms. The van der Waals surface area contributed by atoms with E-state index in [0.717, 1.165) is 24.2 Å². The van der Waals surface area contributed by atoms with Crippen molar-refractivity contribution in [3.63, 3.8) is 0 Å². The zero-order valence-corrected chi connectivity index (χ0v) is 46.2. The van der Waals surface area contributed by atoms with Crippen LogP contribution in [0.15, 0.2) is 94.6 Å². The molecule has 0 saturated carbocycles. The summed E-state index contributed by atoms with van der Waals surface area (Å²) < 4.78 is 46.0. The number of nitrogens with one attached hydrogen (secondary N) is 3. The van der Waals surface area contributed by atoms with Gasteiger partial charge in [0.2, 0.25) is 11.4 Å². The van der Waals surface area contributed by atoms with Crippen LogP contribution in [0.3, 0.4) is 0 Å². The lowest BCUT2D eigenvalue weighted by Crippen LogP contribution is -2.71. The number of quaternary nitrogens is 1. The van der Waals surface area contributed by atoms with Gasteiger partial charge in [-0.2, -0.15) is 0 Å². The Hall–Kier alpha value is -6.98. The van der Waals surface area contributed by atoms with Gasteiger partial charge in [-0.25, -0.2) is 23.8 Å². The van der Waals surface area contributed by atoms with E-state index in [1.165, 1.54) is 50.0 Å². The van der Waals surface area contributed by atoms with Gasteiger partial charge in [-0.05, 0) is 67.5 Å². The predicted molar refractivity (Wildman–Crippen MR) is 286 cm³/mol. The van der Waals surface area contributed by atoms with E-state index in [4.69, 9.17) is 28.4 Å². The number of anilines is 1. The van der Waals surface area contributed by atoms with Crippen molar-refractivity contribution in [2.24, 2.45) is 5.16 Å². The van der Waals surface area contributed by atoms with Crippen LogP contribution in [0, 0.1) is 5.82 Å². The van der Waals surface area contributed by atoms with Crippen molar-refractivity contribution in [2.45, 2.75) is 133 Å². The van der Waals surface area contributed by atoms with Gasteiger partial charge in [-0.3, -0.25) is 24.6 Å². The van der Waals surface area contributed by atoms with Crippen molar-refractivity contribution in [3.8, 4) is 11.5 Å². The number of amides is 4. The van der Waals surface area contributed by atoms with Gasteiger partial charge in [0.1, 0.15) is 40.6 Å². The number of rotatable bonds is 14. The summed E-state index contributed by atoms with van der Waals surface area (Å²) in [6.07, 6.45) is 2.09. The number of esters is 1. The summed E-state index contributed by atoms with van der Waals surface area (Å²) >= 11 is 2.35. The Kier molecular flexibility index (Phi) is 14.8. The van der Waals surface area contributed by atoms with Gasteiger partial charge in [-0.1, -0.05) is 65.8 Å². The van der Waals surface area contributed by atoms with Crippen LogP contribution in [-0.4, -0.2) is 130 Å². The number of β-lactam (4-membered cyclic amide) rings is 1. The average Bonchev–Trinajstić information content (AvgIpc) is 4.13. The fourth-order valence-corrected chi connectivity index (χ4v) is 12.5. The highest BCUT2D eigenvalue weighted by molar-refractivity contribution is 8.00. The van der Waals surface area contributed by atoms with E-state index in [1.54, 1.807) is 47.6 Å². The number of benzene rings is 3. The average molecular weight is 1100 g/mol. The lowest BCUT2D eigenvalue weighted by atomic mass is 9.92. The molecule has 5 aliphatic heterocycles. The first-order valence-corrected chi connectivity index (χ1v) is 27.2. The summed E-state index contributed by atoms with van der Waals surface area (Å²) in [6, 6.07) is 20.2. The van der Waals surface area contributed by atoms with Crippen molar-refractivity contribution in [2.75, 3.05) is 24.7 Å². The van der Waals surface area contributed by atoms with E-state index < -0.39 is 81.3 Å². The Labute approximate surface area is 454 Å². The molecule has 3 N–H and O–H groups in total. The maximum absolute atomic E-state index is 16.5. The van der Waals surface area contributed by atoms with E-state index in [-0.39, 0.29) is 51.7 Å². The normalized spacial score (nSPS) is 23.5. The van der Waals surface area contributed by atoms with E-state index >= 15 is 4.39 Å². The van der Waals surface area contributed by atoms with Crippen molar-refractivity contribution in [3.05, 3.63) is 118 Å². The smallest absolute Gasteiger partial charge is 0.413 e. The fraction of sp³-hybridized carbons (Fsp3) is 0.444. The van der Waals surface area contributed by atoms with Gasteiger partial charge < -0.3 is 43.6 Å². The van der Waals surface area contributed by atoms with Crippen LogP contribution in [0.4, 0.5) is 14.3 Å². The molecule has 3 aromatic carbocycles. The van der Waals surface area contributed by atoms with Gasteiger partial charge in [0.15, 0.2) is 22.4 Å². The molecule has 4 aromatic rings. The highest BCUT2D eigenvalue weighted by Gasteiger charge is 2.58. The molecule has 5 aliphatic rings. The fourth-order valence-electron chi connectivity index (χ4n) is 10.5. The molecule has 2 bridgehead atoms. The van der Waals surface area contributed by atoms with Crippen LogP contribution >= 0.6 is 23.1 Å². The molecule has 6 heterocycles. The van der Waals surface area contributed by atoms with Gasteiger partial charge in [-0.15, -0.1) is 23.1 Å². The second-order valence-corrected chi connectivity index (χ2v) is 24.3. The Morgan fingerprint density at radius 1 is 0.883 bits per heavy atom. The van der Waals surface area contributed by atoms with E-state index in [1.807, 2.05) is 60.7 Å². The quantitative estimate of drug-likeness (QED) is 0.0308. The molecule has 406 valence electrons. The maximum Gasteiger partial charge on any atom is 0.413 e. The van der Waals surface area contributed by atoms with E-state index in [2.05, 4.69) is 33.1 Å². The van der Waals surface area contributed by atoms with Crippen molar-refractivity contribution >= 4 is 77.7 Å². The topological polar surface area (TPSA) is 222 Å². The Balaban J connectivity index is 0.887. The van der Waals surface area contributed by atoms with Gasteiger partial charge in [0.05, 0.1) is 24.7 Å². The maximum atomic E-state index is 16.5. The first-order valence-electron chi connectivity index (χ1n) is 25.3. The second-order valence-electron chi connectivity index (χ2n) is 22.4. The minimum absolute atomic E-state index is 0.0415. The Bertz CT molecular complexity index is 3020. The summed E-state index contributed by atoms with van der Waals surface area (Å²) in [5.74, 6) is -5.42. The molecule has 3 saturated heterocycles. The monoisotopic (exact) mass is 1090 g/mol. The number of carbonyl (C=O) groups excluding carboxylic acids is 6.